The Morgan fingerprint density at radius 1 is 0.476 bits per heavy atom. The van der Waals surface area contributed by atoms with Crippen LogP contribution in [0.1, 0.15) is 69.2 Å². The van der Waals surface area contributed by atoms with Crippen molar-refractivity contribution in [3.05, 3.63) is 62.4 Å². The van der Waals surface area contributed by atoms with Gasteiger partial charge in [0.2, 0.25) is 0 Å². The van der Waals surface area contributed by atoms with Gasteiger partial charge >= 0.3 is 0 Å². The van der Waals surface area contributed by atoms with Gasteiger partial charge < -0.3 is 32.1 Å². The van der Waals surface area contributed by atoms with E-state index >= 15 is 0 Å². The first kappa shape index (κ1) is 37.3. The van der Waals surface area contributed by atoms with Crippen LogP contribution in [-0.2, 0) is 16.8 Å². The van der Waals surface area contributed by atoms with Gasteiger partial charge in [-0.3, -0.25) is 0 Å². The zero-order chi connectivity index (χ0) is 17.1. The second kappa shape index (κ2) is 72.7. The quantitative estimate of drug-likeness (QED) is 0.428. The van der Waals surface area contributed by atoms with Crippen molar-refractivity contribution in [2.24, 2.45) is 0 Å². The summed E-state index contributed by atoms with van der Waals surface area (Å²) in [6.45, 7) is 20.0. The second-order valence-electron chi connectivity index (χ2n) is 3.85. The summed E-state index contributed by atoms with van der Waals surface area (Å²) in [5.74, 6) is 0. The van der Waals surface area contributed by atoms with E-state index in [9.17, 15) is 0 Å². The van der Waals surface area contributed by atoms with Crippen LogP contribution in [0.4, 0.5) is 0 Å². The molecule has 0 fully saturated rings. The van der Waals surface area contributed by atoms with E-state index in [1.165, 1.54) is 0 Å². The normalized spacial score (nSPS) is 6.19. The summed E-state index contributed by atoms with van der Waals surface area (Å²) in [5.41, 5.74) is 0. The predicted molar refractivity (Wildman–Crippen MR) is 100 cm³/mol. The Balaban J connectivity index is -0.0000000326. The summed E-state index contributed by atoms with van der Waals surface area (Å²) in [6.07, 6.45) is 10.0. The maximum Gasteiger partial charge on any atom is 0 e. The number of hydrogen-bond donors (Lipinski definition) is 0. The molecule has 0 aliphatic carbocycles. The molecular weight excluding hydrogens is 299 g/mol. The maximum absolute atomic E-state index is 2.00. The van der Waals surface area contributed by atoms with Crippen molar-refractivity contribution in [2.45, 2.75) is 69.2 Å². The van der Waals surface area contributed by atoms with E-state index < -0.39 is 0 Å². The third-order valence-corrected chi connectivity index (χ3v) is 0.556. The van der Waals surface area contributed by atoms with Crippen LogP contribution >= 0.6 is 0 Å². The van der Waals surface area contributed by atoms with Gasteiger partial charge in [0, 0.05) is 16.8 Å². The Labute approximate surface area is 148 Å². The minimum Gasteiger partial charge on any atom is -0.335 e. The Bertz CT molecular complexity index is 105. The van der Waals surface area contributed by atoms with E-state index in [-0.39, 0.29) is 16.8 Å². The maximum atomic E-state index is 2.00. The molecule has 0 N–H and O–H groups in total. The molecule has 1 heteroatoms. The minimum atomic E-state index is 0. The molecule has 21 heavy (non-hydrogen) atoms. The summed E-state index contributed by atoms with van der Waals surface area (Å²) in [6, 6.07) is 10.0. The molecule has 0 aromatic heterocycles. The number of rotatable bonds is 0. The summed E-state index contributed by atoms with van der Waals surface area (Å²) in [5, 5.41) is 0. The summed E-state index contributed by atoms with van der Waals surface area (Å²) < 4.78 is 0. The largest absolute Gasteiger partial charge is 0.335 e. The fraction of sp³-hybridized carbons (Fsp3) is 0.500. The van der Waals surface area contributed by atoms with Gasteiger partial charge in [-0.1, -0.05) is 0 Å². The molecule has 1 aromatic carbocycles. The molecular formula is C20H40Co-6. The topological polar surface area (TPSA) is 0 Å². The van der Waals surface area contributed by atoms with Gasteiger partial charge in [-0.05, 0) is 0 Å². The molecule has 0 saturated heterocycles. The predicted octanol–water partition coefficient (Wildman–Crippen LogP) is 7.56. The van der Waals surface area contributed by atoms with E-state index in [0.717, 1.165) is 0 Å². The fourth-order valence-electron chi connectivity index (χ4n) is 0.321. The standard InChI is InChI=1S/C5H5.5C3H7.Co/c1-2-4-5-3-1;5*1-3-2;/h1-5H;5*3H,1-2H3;/q6*-1;. The van der Waals surface area contributed by atoms with Gasteiger partial charge in [0.05, 0.1) is 0 Å². The number of hydrogen-bond acceptors (Lipinski definition) is 0. The zero-order valence-corrected chi connectivity index (χ0v) is 17.1. The molecule has 1 rings (SSSR count). The van der Waals surface area contributed by atoms with Gasteiger partial charge in [0.1, 0.15) is 0 Å². The van der Waals surface area contributed by atoms with Crippen molar-refractivity contribution in [1.29, 1.82) is 0 Å². The molecule has 0 saturated carbocycles. The first-order valence-electron chi connectivity index (χ1n) is 7.44. The monoisotopic (exact) mass is 339 g/mol. The van der Waals surface area contributed by atoms with Crippen molar-refractivity contribution in [3.63, 3.8) is 0 Å². The van der Waals surface area contributed by atoms with Gasteiger partial charge in [-0.2, -0.15) is 87.4 Å². The summed E-state index contributed by atoms with van der Waals surface area (Å²) in [7, 11) is 0. The molecule has 1 aromatic rings. The van der Waals surface area contributed by atoms with Crippen molar-refractivity contribution in [1.82, 2.24) is 0 Å². The van der Waals surface area contributed by atoms with Crippen LogP contribution in [0.15, 0.2) is 30.3 Å². The third kappa shape index (κ3) is 268. The molecule has 0 bridgehead atoms. The Hall–Kier alpha value is -0.144. The van der Waals surface area contributed by atoms with Gasteiger partial charge in [-0.15, -0.1) is 0 Å². The van der Waals surface area contributed by atoms with Crippen LogP contribution in [0.3, 0.4) is 0 Å². The molecule has 1 radical (unpaired) electrons. The summed E-state index contributed by atoms with van der Waals surface area (Å²) in [4.78, 5) is 0. The molecule has 0 unspecified atom stereocenters. The van der Waals surface area contributed by atoms with Crippen molar-refractivity contribution >= 4 is 0 Å². The summed E-state index contributed by atoms with van der Waals surface area (Å²) >= 11 is 0. The first-order chi connectivity index (χ1) is 9.57. The van der Waals surface area contributed by atoms with E-state index in [1.807, 2.05) is 132 Å². The van der Waals surface area contributed by atoms with Crippen molar-refractivity contribution in [3.8, 4) is 0 Å². The Morgan fingerprint density at radius 3 is 0.667 bits per heavy atom. The third-order valence-electron chi connectivity index (χ3n) is 0.556. The average Bonchev–Trinajstić information content (AvgIpc) is 2.91. The van der Waals surface area contributed by atoms with Crippen molar-refractivity contribution in [2.75, 3.05) is 0 Å². The molecule has 0 amide bonds. The van der Waals surface area contributed by atoms with Crippen LogP contribution in [0.25, 0.3) is 0 Å². The van der Waals surface area contributed by atoms with E-state index in [2.05, 4.69) is 0 Å². The van der Waals surface area contributed by atoms with Crippen LogP contribution < -0.4 is 0 Å². The van der Waals surface area contributed by atoms with Crippen LogP contribution in [0.2, 0.25) is 0 Å². The minimum absolute atomic E-state index is 0. The van der Waals surface area contributed by atoms with Crippen molar-refractivity contribution < 1.29 is 16.8 Å². The van der Waals surface area contributed by atoms with Gasteiger partial charge in [-0.25, -0.2) is 12.1 Å². The molecule has 0 aliphatic rings. The zero-order valence-electron chi connectivity index (χ0n) is 16.1. The van der Waals surface area contributed by atoms with Gasteiger partial charge in [0.25, 0.3) is 0 Å². The van der Waals surface area contributed by atoms with E-state index in [1.54, 1.807) is 0 Å². The molecule has 135 valence electrons. The SMILES string of the molecule is C[CH-]C.C[CH-]C.C[CH-]C.C[CH-]C.C[CH-]C.[Co].c1cc[cH-]c1. The smallest absolute Gasteiger partial charge is 0 e. The van der Waals surface area contributed by atoms with Crippen LogP contribution in [0, 0.1) is 32.1 Å². The molecule has 0 heterocycles. The Morgan fingerprint density at radius 2 is 0.619 bits per heavy atom. The fourth-order valence-corrected chi connectivity index (χ4v) is 0.321. The Kier molecular flexibility index (Phi) is 129. The molecule has 0 spiro atoms. The van der Waals surface area contributed by atoms with Gasteiger partial charge in [0.15, 0.2) is 0 Å². The second-order valence-corrected chi connectivity index (χ2v) is 3.85. The first-order valence-corrected chi connectivity index (χ1v) is 7.44. The van der Waals surface area contributed by atoms with E-state index in [4.69, 9.17) is 0 Å². The van der Waals surface area contributed by atoms with Crippen LogP contribution in [-0.4, -0.2) is 0 Å². The van der Waals surface area contributed by atoms with Crippen LogP contribution in [0.5, 0.6) is 0 Å². The van der Waals surface area contributed by atoms with E-state index in [0.29, 0.717) is 0 Å². The average molecular weight is 339 g/mol. The molecule has 0 aliphatic heterocycles. The molecule has 0 nitrogen and oxygen atoms in total. The molecule has 0 atom stereocenters.